The van der Waals surface area contributed by atoms with E-state index in [1.54, 1.807) is 6.92 Å². The van der Waals surface area contributed by atoms with Gasteiger partial charge >= 0.3 is 6.09 Å². The highest BCUT2D eigenvalue weighted by atomic mass is 16.6. The fourth-order valence-electron chi connectivity index (χ4n) is 0.749. The Morgan fingerprint density at radius 2 is 2.44 bits per heavy atom. The number of alkyl carbamates (subject to hydrolysis) is 1. The fraction of sp³-hybridized carbons (Fsp3) is 0.800. The maximum Gasteiger partial charge on any atom is 0.409 e. The highest BCUT2D eigenvalue weighted by molar-refractivity contribution is 5.69. The average molecular weight is 131 g/mol. The highest BCUT2D eigenvalue weighted by Gasteiger charge is 2.29. The van der Waals surface area contributed by atoms with Gasteiger partial charge in [0.05, 0.1) is 0 Å². The van der Waals surface area contributed by atoms with E-state index in [0.29, 0.717) is 0 Å². The molecule has 0 aromatic rings. The van der Waals surface area contributed by atoms with Gasteiger partial charge in [-0.1, -0.05) is 0 Å². The van der Waals surface area contributed by atoms with Crippen LogP contribution in [0.15, 0.2) is 0 Å². The molecule has 0 saturated carbocycles. The molecule has 0 bridgehead atoms. The van der Waals surface area contributed by atoms with Crippen molar-refractivity contribution in [2.45, 2.75) is 19.3 Å². The number of methoxy groups -OCH3 is 1. The molecular formula is C5H9NO3. The van der Waals surface area contributed by atoms with E-state index >= 15 is 0 Å². The molecular weight excluding hydrogens is 122 g/mol. The molecule has 2 atom stereocenters. The van der Waals surface area contributed by atoms with Crippen LogP contribution in [0.3, 0.4) is 0 Å². The van der Waals surface area contributed by atoms with Crippen LogP contribution in [0.5, 0.6) is 0 Å². The topological polar surface area (TPSA) is 47.6 Å². The van der Waals surface area contributed by atoms with Crippen LogP contribution in [0.2, 0.25) is 0 Å². The normalized spacial score (nSPS) is 33.8. The van der Waals surface area contributed by atoms with Crippen LogP contribution in [-0.2, 0) is 9.47 Å². The Balaban J connectivity index is 2.47. The first-order valence-corrected chi connectivity index (χ1v) is 2.74. The van der Waals surface area contributed by atoms with Gasteiger partial charge in [-0.2, -0.15) is 0 Å². The van der Waals surface area contributed by atoms with Crippen molar-refractivity contribution in [2.24, 2.45) is 0 Å². The SMILES string of the molecule is COC1NC(=O)OC1C. The summed E-state index contributed by atoms with van der Waals surface area (Å²) in [5, 5.41) is 2.47. The van der Waals surface area contributed by atoms with Gasteiger partial charge < -0.3 is 9.47 Å². The molecule has 1 amide bonds. The summed E-state index contributed by atoms with van der Waals surface area (Å²) < 4.78 is 9.53. The van der Waals surface area contributed by atoms with Crippen LogP contribution in [0.25, 0.3) is 0 Å². The van der Waals surface area contributed by atoms with E-state index in [4.69, 9.17) is 4.74 Å². The Labute approximate surface area is 53.1 Å². The van der Waals surface area contributed by atoms with Crippen molar-refractivity contribution < 1.29 is 14.3 Å². The van der Waals surface area contributed by atoms with Crippen molar-refractivity contribution in [1.82, 2.24) is 5.32 Å². The molecule has 2 unspecified atom stereocenters. The molecule has 1 aliphatic rings. The second-order valence-corrected chi connectivity index (χ2v) is 1.91. The van der Waals surface area contributed by atoms with E-state index in [-0.39, 0.29) is 12.3 Å². The lowest BCUT2D eigenvalue weighted by molar-refractivity contribution is 0.0311. The Bertz CT molecular complexity index is 125. The van der Waals surface area contributed by atoms with Crippen molar-refractivity contribution in [3.8, 4) is 0 Å². The largest absolute Gasteiger partial charge is 0.442 e. The standard InChI is InChI=1S/C5H9NO3/c1-3-4(8-2)6-5(7)9-3/h3-4H,1-2H3,(H,6,7). The number of cyclic esters (lactones) is 1. The molecule has 0 aliphatic carbocycles. The number of nitrogens with one attached hydrogen (secondary N) is 1. The summed E-state index contributed by atoms with van der Waals surface area (Å²) in [5.74, 6) is 0. The van der Waals surface area contributed by atoms with Crippen LogP contribution in [0, 0.1) is 0 Å². The second-order valence-electron chi connectivity index (χ2n) is 1.91. The first-order chi connectivity index (χ1) is 4.24. The van der Waals surface area contributed by atoms with Gasteiger partial charge in [-0.05, 0) is 6.92 Å². The molecule has 0 aromatic carbocycles. The third-order valence-electron chi connectivity index (χ3n) is 1.23. The molecule has 1 saturated heterocycles. The van der Waals surface area contributed by atoms with E-state index in [1.165, 1.54) is 7.11 Å². The summed E-state index contributed by atoms with van der Waals surface area (Å²) in [7, 11) is 1.52. The van der Waals surface area contributed by atoms with Crippen LogP contribution in [0.4, 0.5) is 4.79 Å². The first kappa shape index (κ1) is 6.35. The highest BCUT2D eigenvalue weighted by Crippen LogP contribution is 2.06. The van der Waals surface area contributed by atoms with Crippen LogP contribution in [0.1, 0.15) is 6.92 Å². The summed E-state index contributed by atoms with van der Waals surface area (Å²) in [5.41, 5.74) is 0. The molecule has 4 heteroatoms. The zero-order valence-electron chi connectivity index (χ0n) is 5.38. The molecule has 1 rings (SSSR count). The van der Waals surface area contributed by atoms with E-state index in [9.17, 15) is 4.79 Å². The summed E-state index contributed by atoms with van der Waals surface area (Å²) in [6, 6.07) is 0. The van der Waals surface area contributed by atoms with Gasteiger partial charge in [-0.25, -0.2) is 4.79 Å². The van der Waals surface area contributed by atoms with Gasteiger partial charge in [-0.15, -0.1) is 0 Å². The number of rotatable bonds is 1. The molecule has 0 spiro atoms. The maximum atomic E-state index is 10.4. The van der Waals surface area contributed by atoms with Crippen molar-refractivity contribution >= 4 is 6.09 Å². The van der Waals surface area contributed by atoms with Crippen molar-refractivity contribution in [1.29, 1.82) is 0 Å². The minimum absolute atomic E-state index is 0.178. The minimum Gasteiger partial charge on any atom is -0.442 e. The Morgan fingerprint density at radius 1 is 1.78 bits per heavy atom. The van der Waals surface area contributed by atoms with E-state index in [0.717, 1.165) is 0 Å². The van der Waals surface area contributed by atoms with Gasteiger partial charge in [0.25, 0.3) is 0 Å². The van der Waals surface area contributed by atoms with Gasteiger partial charge in [0, 0.05) is 7.11 Å². The van der Waals surface area contributed by atoms with Gasteiger partial charge in [-0.3, -0.25) is 5.32 Å². The lowest BCUT2D eigenvalue weighted by Crippen LogP contribution is -2.31. The molecule has 1 heterocycles. The van der Waals surface area contributed by atoms with Crippen molar-refractivity contribution in [2.75, 3.05) is 7.11 Å². The predicted octanol–water partition coefficient (Wildman–Crippen LogP) is 0.0872. The molecule has 9 heavy (non-hydrogen) atoms. The molecule has 1 aliphatic heterocycles. The maximum absolute atomic E-state index is 10.4. The predicted molar refractivity (Wildman–Crippen MR) is 29.9 cm³/mol. The van der Waals surface area contributed by atoms with Crippen molar-refractivity contribution in [3.05, 3.63) is 0 Å². The lowest BCUT2D eigenvalue weighted by Gasteiger charge is -2.08. The van der Waals surface area contributed by atoms with Crippen LogP contribution >= 0.6 is 0 Å². The van der Waals surface area contributed by atoms with E-state index in [1.807, 2.05) is 0 Å². The first-order valence-electron chi connectivity index (χ1n) is 2.74. The number of ether oxygens (including phenoxy) is 2. The van der Waals surface area contributed by atoms with Crippen molar-refractivity contribution in [3.63, 3.8) is 0 Å². The molecule has 0 aromatic heterocycles. The third kappa shape index (κ3) is 1.13. The summed E-state index contributed by atoms with van der Waals surface area (Å²) >= 11 is 0. The van der Waals surface area contributed by atoms with Gasteiger partial charge in [0.1, 0.15) is 6.10 Å². The van der Waals surface area contributed by atoms with E-state index < -0.39 is 6.09 Å². The smallest absolute Gasteiger partial charge is 0.409 e. The monoisotopic (exact) mass is 131 g/mol. The Hall–Kier alpha value is -0.770. The van der Waals surface area contributed by atoms with Gasteiger partial charge in [0.15, 0.2) is 6.23 Å². The number of hydrogen-bond donors (Lipinski definition) is 1. The Kier molecular flexibility index (Phi) is 1.57. The lowest BCUT2D eigenvalue weighted by atomic mass is 10.4. The quantitative estimate of drug-likeness (QED) is 0.548. The molecule has 4 nitrogen and oxygen atoms in total. The van der Waals surface area contributed by atoms with E-state index in [2.05, 4.69) is 10.1 Å². The zero-order chi connectivity index (χ0) is 6.85. The number of carbonyl (C=O) groups is 1. The number of carbonyl (C=O) groups excluding carboxylic acids is 1. The summed E-state index contributed by atoms with van der Waals surface area (Å²) in [6.45, 7) is 1.77. The zero-order valence-corrected chi connectivity index (χ0v) is 5.38. The minimum atomic E-state index is -0.408. The molecule has 0 radical (unpaired) electrons. The number of hydrogen-bond acceptors (Lipinski definition) is 3. The third-order valence-corrected chi connectivity index (χ3v) is 1.23. The molecule has 52 valence electrons. The number of amides is 1. The van der Waals surface area contributed by atoms with Gasteiger partial charge in [0.2, 0.25) is 0 Å². The second kappa shape index (κ2) is 2.23. The Morgan fingerprint density at radius 3 is 2.67 bits per heavy atom. The molecule has 1 fully saturated rings. The summed E-state index contributed by atoms with van der Waals surface area (Å²) in [4.78, 5) is 10.4. The van der Waals surface area contributed by atoms with Crippen LogP contribution in [-0.4, -0.2) is 25.5 Å². The average Bonchev–Trinajstić information content (AvgIpc) is 2.10. The fourth-order valence-corrected chi connectivity index (χ4v) is 0.749. The van der Waals surface area contributed by atoms with Crippen LogP contribution < -0.4 is 5.32 Å². The summed E-state index contributed by atoms with van der Waals surface area (Å²) in [6.07, 6.45) is -0.866. The molecule has 1 N–H and O–H groups in total.